The van der Waals surface area contributed by atoms with Gasteiger partial charge in [-0.05, 0) is 63.1 Å². The molecule has 1 heterocycles. The molecule has 2 aromatic carbocycles. The molecule has 0 aliphatic heterocycles. The molecule has 1 N–H and O–H groups in total. The zero-order valence-electron chi connectivity index (χ0n) is 17.4. The molecule has 158 valence electrons. The van der Waals surface area contributed by atoms with Gasteiger partial charge in [0.25, 0.3) is 5.56 Å². The highest BCUT2D eigenvalue weighted by molar-refractivity contribution is 6.31. The Bertz CT molecular complexity index is 1090. The number of benzene rings is 2. The molecule has 0 aliphatic carbocycles. The van der Waals surface area contributed by atoms with Gasteiger partial charge in [-0.2, -0.15) is 0 Å². The smallest absolute Gasteiger partial charge is 0.258 e. The second-order valence-electron chi connectivity index (χ2n) is 7.51. The van der Waals surface area contributed by atoms with Crippen LogP contribution in [-0.4, -0.2) is 33.4 Å². The van der Waals surface area contributed by atoms with Crippen LogP contribution in [0.2, 0.25) is 5.02 Å². The first-order valence-electron chi connectivity index (χ1n) is 10.0. The summed E-state index contributed by atoms with van der Waals surface area (Å²) >= 11 is 6.02. The summed E-state index contributed by atoms with van der Waals surface area (Å²) < 4.78 is 5.73. The largest absolute Gasteiger partial charge is 0.494 e. The minimum absolute atomic E-state index is 0.00306. The number of aromatic nitrogens is 2. The number of nitrogens with one attached hydrogen (secondary N) is 1. The zero-order valence-corrected chi connectivity index (χ0v) is 18.2. The first-order chi connectivity index (χ1) is 14.3. The number of carbonyl (C=O) groups is 1. The van der Waals surface area contributed by atoms with Crippen LogP contribution in [0.4, 0.5) is 0 Å². The van der Waals surface area contributed by atoms with Gasteiger partial charge in [-0.1, -0.05) is 23.7 Å². The summed E-state index contributed by atoms with van der Waals surface area (Å²) in [5.41, 5.74) is 1.38. The van der Waals surface area contributed by atoms with E-state index in [2.05, 4.69) is 9.97 Å². The van der Waals surface area contributed by atoms with E-state index in [0.717, 1.165) is 11.3 Å². The summed E-state index contributed by atoms with van der Waals surface area (Å²) in [5, 5.41) is 1.24. The summed E-state index contributed by atoms with van der Waals surface area (Å²) in [5.74, 6) is 1.22. The van der Waals surface area contributed by atoms with Gasteiger partial charge in [0.05, 0.1) is 24.1 Å². The highest BCUT2D eigenvalue weighted by Crippen LogP contribution is 2.21. The number of ether oxygens (including phenoxy) is 1. The fourth-order valence-electron chi connectivity index (χ4n) is 3.19. The molecule has 1 amide bonds. The van der Waals surface area contributed by atoms with E-state index in [-0.39, 0.29) is 24.1 Å². The Morgan fingerprint density at radius 2 is 2.00 bits per heavy atom. The molecular formula is C23H26ClN3O3. The van der Waals surface area contributed by atoms with Crippen molar-refractivity contribution in [3.05, 3.63) is 69.2 Å². The molecule has 3 aromatic rings. The Balaban J connectivity index is 1.59. The van der Waals surface area contributed by atoms with E-state index in [4.69, 9.17) is 16.3 Å². The number of hydrogen-bond acceptors (Lipinski definition) is 4. The van der Waals surface area contributed by atoms with Crippen molar-refractivity contribution < 1.29 is 9.53 Å². The van der Waals surface area contributed by atoms with E-state index in [1.165, 1.54) is 0 Å². The Morgan fingerprint density at radius 1 is 1.23 bits per heavy atom. The van der Waals surface area contributed by atoms with Crippen LogP contribution in [0.1, 0.15) is 38.1 Å². The molecule has 0 aliphatic rings. The van der Waals surface area contributed by atoms with Gasteiger partial charge in [0, 0.05) is 17.5 Å². The first-order valence-corrected chi connectivity index (χ1v) is 10.4. The maximum Gasteiger partial charge on any atom is 0.258 e. The van der Waals surface area contributed by atoms with Gasteiger partial charge in [-0.3, -0.25) is 9.59 Å². The summed E-state index contributed by atoms with van der Waals surface area (Å²) in [6, 6.07) is 12.7. The average Bonchev–Trinajstić information content (AvgIpc) is 2.71. The number of aromatic amines is 1. The molecule has 30 heavy (non-hydrogen) atoms. The van der Waals surface area contributed by atoms with Gasteiger partial charge in [0.2, 0.25) is 5.91 Å². The van der Waals surface area contributed by atoms with E-state index in [9.17, 15) is 9.59 Å². The van der Waals surface area contributed by atoms with E-state index in [1.54, 1.807) is 29.2 Å². The Hall–Kier alpha value is -2.86. The molecule has 0 bridgehead atoms. The van der Waals surface area contributed by atoms with Crippen molar-refractivity contribution in [2.45, 2.75) is 46.2 Å². The Kier molecular flexibility index (Phi) is 7.11. The molecule has 7 heteroatoms. The summed E-state index contributed by atoms with van der Waals surface area (Å²) in [4.78, 5) is 34.1. The highest BCUT2D eigenvalue weighted by atomic mass is 35.5. The van der Waals surface area contributed by atoms with Crippen molar-refractivity contribution in [2.24, 2.45) is 0 Å². The van der Waals surface area contributed by atoms with Crippen molar-refractivity contribution in [3.8, 4) is 5.75 Å². The van der Waals surface area contributed by atoms with E-state index >= 15 is 0 Å². The maximum atomic E-state index is 12.8. The first kappa shape index (κ1) is 21.8. The lowest BCUT2D eigenvalue weighted by Crippen LogP contribution is -2.37. The third kappa shape index (κ3) is 5.39. The lowest BCUT2D eigenvalue weighted by atomic mass is 10.2. The second kappa shape index (κ2) is 9.76. The number of fused-ring (bicyclic) bond motifs is 1. The molecule has 0 saturated carbocycles. The fourth-order valence-corrected chi connectivity index (χ4v) is 3.31. The summed E-state index contributed by atoms with van der Waals surface area (Å²) in [6.45, 7) is 6.51. The second-order valence-corrected chi connectivity index (χ2v) is 7.92. The third-order valence-electron chi connectivity index (χ3n) is 4.86. The van der Waals surface area contributed by atoms with Crippen LogP contribution in [0.5, 0.6) is 5.75 Å². The van der Waals surface area contributed by atoms with Crippen LogP contribution in [0, 0.1) is 6.92 Å². The van der Waals surface area contributed by atoms with Crippen molar-refractivity contribution in [1.82, 2.24) is 14.9 Å². The number of hydrogen-bond donors (Lipinski definition) is 1. The summed E-state index contributed by atoms with van der Waals surface area (Å²) in [6.07, 6.45) is 0.938. The molecule has 0 radical (unpaired) electrons. The number of carbonyl (C=O) groups excluding carboxylic acids is 1. The normalized spacial score (nSPS) is 11.1. The monoisotopic (exact) mass is 427 g/mol. The van der Waals surface area contributed by atoms with Gasteiger partial charge >= 0.3 is 0 Å². The van der Waals surface area contributed by atoms with Crippen molar-refractivity contribution >= 4 is 28.4 Å². The van der Waals surface area contributed by atoms with Gasteiger partial charge in [0.15, 0.2) is 0 Å². The summed E-state index contributed by atoms with van der Waals surface area (Å²) in [7, 11) is 0. The van der Waals surface area contributed by atoms with Crippen LogP contribution in [0.3, 0.4) is 0 Å². The lowest BCUT2D eigenvalue weighted by Gasteiger charge is -2.26. The quantitative estimate of drug-likeness (QED) is 0.538. The number of nitrogens with zero attached hydrogens (tertiary/aromatic N) is 2. The molecule has 0 unspecified atom stereocenters. The third-order valence-corrected chi connectivity index (χ3v) is 5.28. The number of rotatable bonds is 8. The lowest BCUT2D eigenvalue weighted by molar-refractivity contribution is -0.133. The van der Waals surface area contributed by atoms with Gasteiger partial charge < -0.3 is 14.6 Å². The van der Waals surface area contributed by atoms with Gasteiger partial charge in [0.1, 0.15) is 11.6 Å². The van der Waals surface area contributed by atoms with Crippen molar-refractivity contribution in [2.75, 3.05) is 6.61 Å². The fraction of sp³-hybridized carbons (Fsp3) is 0.348. The van der Waals surface area contributed by atoms with E-state index in [0.29, 0.717) is 41.2 Å². The number of H-pyrrole nitrogens is 1. The predicted octanol–water partition coefficient (Wildman–Crippen LogP) is 4.48. The number of aryl methyl sites for hydroxylation is 1. The molecule has 0 atom stereocenters. The minimum Gasteiger partial charge on any atom is -0.494 e. The van der Waals surface area contributed by atoms with Gasteiger partial charge in [-0.25, -0.2) is 4.98 Å². The number of amides is 1. The standard InChI is InChI=1S/C23H26ClN3O3/c1-15(2)27(14-21-25-20-8-5-4-7-18(20)23(29)26-21)22(28)9-6-12-30-17-10-11-19(24)16(3)13-17/h4-5,7-8,10-11,13,15H,6,9,12,14H2,1-3H3,(H,25,26,29). The van der Waals surface area contributed by atoms with E-state index in [1.807, 2.05) is 39.0 Å². The SMILES string of the molecule is Cc1cc(OCCCC(=O)N(Cc2nc3ccccc3c(=O)[nH]2)C(C)C)ccc1Cl. The number of para-hydroxylation sites is 1. The van der Waals surface area contributed by atoms with Crippen molar-refractivity contribution in [1.29, 1.82) is 0 Å². The maximum absolute atomic E-state index is 12.8. The Labute approximate surface area is 180 Å². The zero-order chi connectivity index (χ0) is 21.7. The van der Waals surface area contributed by atoms with Crippen LogP contribution in [-0.2, 0) is 11.3 Å². The van der Waals surface area contributed by atoms with E-state index < -0.39 is 0 Å². The van der Waals surface area contributed by atoms with Crippen molar-refractivity contribution in [3.63, 3.8) is 0 Å². The Morgan fingerprint density at radius 3 is 2.73 bits per heavy atom. The average molecular weight is 428 g/mol. The molecule has 1 aromatic heterocycles. The van der Waals surface area contributed by atoms with Crippen LogP contribution >= 0.6 is 11.6 Å². The predicted molar refractivity (Wildman–Crippen MR) is 119 cm³/mol. The molecule has 3 rings (SSSR count). The van der Waals surface area contributed by atoms with Crippen LogP contribution < -0.4 is 10.3 Å². The molecule has 6 nitrogen and oxygen atoms in total. The highest BCUT2D eigenvalue weighted by Gasteiger charge is 2.18. The molecular weight excluding hydrogens is 402 g/mol. The van der Waals surface area contributed by atoms with Crippen LogP contribution in [0.15, 0.2) is 47.3 Å². The van der Waals surface area contributed by atoms with Crippen LogP contribution in [0.25, 0.3) is 10.9 Å². The molecule has 0 spiro atoms. The van der Waals surface area contributed by atoms with Gasteiger partial charge in [-0.15, -0.1) is 0 Å². The topological polar surface area (TPSA) is 75.3 Å². The number of halogens is 1. The molecule has 0 saturated heterocycles. The molecule has 0 fully saturated rings. The minimum atomic E-state index is -0.196.